The monoisotopic (exact) mass is 318 g/mol. The van der Waals surface area contributed by atoms with Gasteiger partial charge in [-0.1, -0.05) is 34.6 Å². The van der Waals surface area contributed by atoms with Gasteiger partial charge in [-0.2, -0.15) is 0 Å². The molecule has 0 aliphatic heterocycles. The number of carbonyl (C=O) groups is 3. The number of carbonyl (C=O) groups excluding carboxylic acids is 3. The summed E-state index contributed by atoms with van der Waals surface area (Å²) < 4.78 is 0. The van der Waals surface area contributed by atoms with Crippen molar-refractivity contribution in [1.82, 2.24) is 0 Å². The first-order chi connectivity index (χ1) is 10.6. The summed E-state index contributed by atoms with van der Waals surface area (Å²) in [5.41, 5.74) is -1.43. The third-order valence-electron chi connectivity index (χ3n) is 8.18. The highest BCUT2D eigenvalue weighted by molar-refractivity contribution is 6.01. The SMILES string of the molecule is CC[C@]1(C)CC(=O)[C@]2(C)[C@H](C)CC[C@]3(CCC(=O)[C@@H]32)[C@@H](C)C1=O. The fourth-order valence-corrected chi connectivity index (χ4v) is 6.07. The first-order valence-electron chi connectivity index (χ1n) is 9.24. The van der Waals surface area contributed by atoms with Crippen LogP contribution < -0.4 is 0 Å². The summed E-state index contributed by atoms with van der Waals surface area (Å²) >= 11 is 0. The van der Waals surface area contributed by atoms with E-state index in [-0.39, 0.29) is 40.5 Å². The van der Waals surface area contributed by atoms with E-state index in [9.17, 15) is 14.4 Å². The predicted molar refractivity (Wildman–Crippen MR) is 88.9 cm³/mol. The average Bonchev–Trinajstić information content (AvgIpc) is 2.87. The lowest BCUT2D eigenvalue weighted by Gasteiger charge is -2.57. The van der Waals surface area contributed by atoms with Crippen molar-refractivity contribution in [3.63, 3.8) is 0 Å². The predicted octanol–water partition coefficient (Wildman–Crippen LogP) is 3.98. The zero-order valence-electron chi connectivity index (χ0n) is 15.2. The third kappa shape index (κ3) is 1.91. The van der Waals surface area contributed by atoms with E-state index in [1.165, 1.54) is 0 Å². The molecule has 0 heterocycles. The molecule has 3 nitrogen and oxygen atoms in total. The molecule has 0 radical (unpaired) electrons. The van der Waals surface area contributed by atoms with Gasteiger partial charge in [-0.3, -0.25) is 14.4 Å². The van der Waals surface area contributed by atoms with E-state index in [1.54, 1.807) is 0 Å². The van der Waals surface area contributed by atoms with Gasteiger partial charge < -0.3 is 0 Å². The molecule has 128 valence electrons. The minimum atomic E-state index is -0.586. The molecule has 23 heavy (non-hydrogen) atoms. The summed E-state index contributed by atoms with van der Waals surface area (Å²) in [6, 6.07) is 0. The molecule has 0 aromatic heterocycles. The van der Waals surface area contributed by atoms with Crippen LogP contribution in [0.3, 0.4) is 0 Å². The largest absolute Gasteiger partial charge is 0.299 e. The van der Waals surface area contributed by atoms with Crippen molar-refractivity contribution in [2.75, 3.05) is 0 Å². The van der Waals surface area contributed by atoms with Gasteiger partial charge in [0, 0.05) is 35.5 Å². The lowest BCUT2D eigenvalue weighted by Crippen LogP contribution is -2.60. The maximum absolute atomic E-state index is 13.3. The van der Waals surface area contributed by atoms with Crippen LogP contribution in [0.25, 0.3) is 0 Å². The van der Waals surface area contributed by atoms with Gasteiger partial charge in [-0.15, -0.1) is 0 Å². The van der Waals surface area contributed by atoms with Crippen LogP contribution in [0, 0.1) is 34.0 Å². The lowest BCUT2D eigenvalue weighted by molar-refractivity contribution is -0.168. The highest BCUT2D eigenvalue weighted by Crippen LogP contribution is 2.65. The molecule has 3 heteroatoms. The molecule has 0 amide bonds. The summed E-state index contributed by atoms with van der Waals surface area (Å²) in [7, 11) is 0. The van der Waals surface area contributed by atoms with Gasteiger partial charge in [-0.05, 0) is 37.0 Å². The van der Waals surface area contributed by atoms with Crippen LogP contribution >= 0.6 is 0 Å². The van der Waals surface area contributed by atoms with Crippen LogP contribution in [0.2, 0.25) is 0 Å². The zero-order valence-corrected chi connectivity index (χ0v) is 15.2. The third-order valence-corrected chi connectivity index (χ3v) is 8.18. The minimum Gasteiger partial charge on any atom is -0.299 e. The van der Waals surface area contributed by atoms with E-state index in [0.29, 0.717) is 19.3 Å². The highest BCUT2D eigenvalue weighted by Gasteiger charge is 2.67. The smallest absolute Gasteiger partial charge is 0.142 e. The topological polar surface area (TPSA) is 51.2 Å². The fraction of sp³-hybridized carbons (Fsp3) is 0.850. The Kier molecular flexibility index (Phi) is 3.67. The molecule has 0 saturated heterocycles. The van der Waals surface area contributed by atoms with Crippen LogP contribution in [0.1, 0.15) is 73.1 Å². The van der Waals surface area contributed by atoms with Gasteiger partial charge in [0.15, 0.2) is 0 Å². The van der Waals surface area contributed by atoms with E-state index in [1.807, 2.05) is 27.7 Å². The highest BCUT2D eigenvalue weighted by atomic mass is 16.1. The second-order valence-corrected chi connectivity index (χ2v) is 8.96. The molecule has 0 unspecified atom stereocenters. The Labute approximate surface area is 139 Å². The number of rotatable bonds is 1. The molecule has 3 aliphatic carbocycles. The Hall–Kier alpha value is -0.990. The van der Waals surface area contributed by atoms with Crippen molar-refractivity contribution in [2.45, 2.75) is 73.1 Å². The van der Waals surface area contributed by atoms with Gasteiger partial charge in [0.1, 0.15) is 17.3 Å². The van der Waals surface area contributed by atoms with Crippen LogP contribution in [-0.4, -0.2) is 17.3 Å². The Morgan fingerprint density at radius 3 is 2.35 bits per heavy atom. The van der Waals surface area contributed by atoms with E-state index in [4.69, 9.17) is 0 Å². The summed E-state index contributed by atoms with van der Waals surface area (Å²) in [6.45, 7) is 10.2. The summed E-state index contributed by atoms with van der Waals surface area (Å²) in [5, 5.41) is 0. The Bertz CT molecular complexity index is 579. The minimum absolute atomic E-state index is 0.121. The molecule has 0 N–H and O–H groups in total. The molecular formula is C20H30O3. The average molecular weight is 318 g/mol. The summed E-state index contributed by atoms with van der Waals surface area (Å²) in [5.74, 6) is 0.447. The molecule has 3 saturated carbocycles. The molecule has 0 aromatic carbocycles. The van der Waals surface area contributed by atoms with Crippen molar-refractivity contribution < 1.29 is 14.4 Å². The first-order valence-corrected chi connectivity index (χ1v) is 9.24. The standard InChI is InChI=1S/C20H30O3/c1-6-18(4)11-15(22)19(5)12(2)7-9-20(13(3)17(18)23)10-8-14(21)16(19)20/h12-13,16H,6-11H2,1-5H3/t12-,13+,16-,18-,19+,20+/m1/s1. The van der Waals surface area contributed by atoms with Gasteiger partial charge in [0.2, 0.25) is 0 Å². The number of ketones is 3. The number of hydrogen-bond acceptors (Lipinski definition) is 3. The summed E-state index contributed by atoms with van der Waals surface area (Å²) in [6.07, 6.45) is 4.20. The van der Waals surface area contributed by atoms with Gasteiger partial charge in [-0.25, -0.2) is 0 Å². The van der Waals surface area contributed by atoms with Gasteiger partial charge in [0.05, 0.1) is 0 Å². The van der Waals surface area contributed by atoms with Gasteiger partial charge in [0.25, 0.3) is 0 Å². The second-order valence-electron chi connectivity index (χ2n) is 8.96. The summed E-state index contributed by atoms with van der Waals surface area (Å²) in [4.78, 5) is 39.4. The van der Waals surface area contributed by atoms with E-state index in [2.05, 4.69) is 6.92 Å². The number of hydrogen-bond donors (Lipinski definition) is 0. The maximum Gasteiger partial charge on any atom is 0.142 e. The Balaban J connectivity index is 2.23. The maximum atomic E-state index is 13.3. The zero-order chi connectivity index (χ0) is 17.2. The van der Waals surface area contributed by atoms with E-state index in [0.717, 1.165) is 19.3 Å². The molecule has 3 aliphatic rings. The van der Waals surface area contributed by atoms with Crippen LogP contribution in [0.15, 0.2) is 0 Å². The van der Waals surface area contributed by atoms with Gasteiger partial charge >= 0.3 is 0 Å². The lowest BCUT2D eigenvalue weighted by atomic mass is 9.44. The number of Topliss-reactive ketones (excluding diaryl/α,β-unsaturated/α-hetero) is 3. The van der Waals surface area contributed by atoms with Crippen molar-refractivity contribution >= 4 is 17.3 Å². The van der Waals surface area contributed by atoms with Crippen LogP contribution in [0.4, 0.5) is 0 Å². The van der Waals surface area contributed by atoms with Crippen molar-refractivity contribution in [1.29, 1.82) is 0 Å². The Morgan fingerprint density at radius 2 is 1.74 bits per heavy atom. The molecule has 6 atom stereocenters. The van der Waals surface area contributed by atoms with E-state index >= 15 is 0 Å². The van der Waals surface area contributed by atoms with E-state index < -0.39 is 10.8 Å². The quantitative estimate of drug-likeness (QED) is 0.734. The molecule has 0 spiro atoms. The molecule has 2 bridgehead atoms. The van der Waals surface area contributed by atoms with Crippen molar-refractivity contribution in [3.05, 3.63) is 0 Å². The molecular weight excluding hydrogens is 288 g/mol. The normalized spacial score (nSPS) is 50.5. The second kappa shape index (κ2) is 5.00. The first kappa shape index (κ1) is 16.9. The van der Waals surface area contributed by atoms with Crippen LogP contribution in [-0.2, 0) is 14.4 Å². The van der Waals surface area contributed by atoms with Crippen molar-refractivity contribution in [2.24, 2.45) is 34.0 Å². The fourth-order valence-electron chi connectivity index (χ4n) is 6.07. The Morgan fingerprint density at radius 1 is 1.09 bits per heavy atom. The van der Waals surface area contributed by atoms with Crippen molar-refractivity contribution in [3.8, 4) is 0 Å². The van der Waals surface area contributed by atoms with Crippen LogP contribution in [0.5, 0.6) is 0 Å². The molecule has 3 fully saturated rings. The molecule has 0 aromatic rings. The molecule has 3 rings (SSSR count).